The lowest BCUT2D eigenvalue weighted by Crippen LogP contribution is -2.23. The molecule has 18 heavy (non-hydrogen) atoms. The number of rotatable bonds is 4. The molecule has 2 aromatic rings. The van der Waals surface area contributed by atoms with Crippen molar-refractivity contribution in [3.63, 3.8) is 0 Å². The topological polar surface area (TPSA) is 43.6 Å². The van der Waals surface area contributed by atoms with Crippen LogP contribution in [0.25, 0.3) is 11.4 Å². The Hall–Kier alpha value is -2.12. The maximum absolute atomic E-state index is 12.3. The van der Waals surface area contributed by atoms with Crippen molar-refractivity contribution >= 4 is 6.98 Å². The molecular formula is C10H9BF3N4-. The molecule has 0 bridgehead atoms. The van der Waals surface area contributed by atoms with E-state index < -0.39 is 19.0 Å². The van der Waals surface area contributed by atoms with Gasteiger partial charge in [0.2, 0.25) is 5.82 Å². The van der Waals surface area contributed by atoms with Crippen LogP contribution >= 0.6 is 0 Å². The van der Waals surface area contributed by atoms with Gasteiger partial charge in [0.05, 0.1) is 6.54 Å². The van der Waals surface area contributed by atoms with Gasteiger partial charge in [-0.05, 0) is 5.21 Å². The van der Waals surface area contributed by atoms with Crippen LogP contribution in [0.2, 0.25) is 0 Å². The second-order valence-electron chi connectivity index (χ2n) is 3.74. The Kier molecular flexibility index (Phi) is 3.18. The van der Waals surface area contributed by atoms with E-state index >= 15 is 0 Å². The first-order valence-corrected chi connectivity index (χ1v) is 5.17. The van der Waals surface area contributed by atoms with E-state index in [9.17, 15) is 12.9 Å². The summed E-state index contributed by atoms with van der Waals surface area (Å²) in [5.41, 5.74) is -0.154. The average Bonchev–Trinajstić information content (AvgIpc) is 2.77. The fraction of sp³-hybridized carbons (Fsp3) is 0.100. The standard InChI is InChI=1S/C10H9BF3N4/c1-8(11(12,13)14)7-18-16-10(15-17-18)9-5-3-2-4-6-9/h2-6H,1,7H2/q-1. The Balaban J connectivity index is 2.15. The maximum Gasteiger partial charge on any atom is 0.506 e. The van der Waals surface area contributed by atoms with Crippen LogP contribution < -0.4 is 0 Å². The fourth-order valence-electron chi connectivity index (χ4n) is 1.30. The van der Waals surface area contributed by atoms with Crippen molar-refractivity contribution in [1.82, 2.24) is 20.2 Å². The number of allylic oxidation sites excluding steroid dienone is 1. The lowest BCUT2D eigenvalue weighted by Gasteiger charge is -2.16. The zero-order valence-electron chi connectivity index (χ0n) is 9.30. The predicted octanol–water partition coefficient (Wildman–Crippen LogP) is 2.28. The zero-order chi connectivity index (χ0) is 13.2. The third-order valence-electron chi connectivity index (χ3n) is 2.29. The molecule has 0 radical (unpaired) electrons. The maximum atomic E-state index is 12.3. The minimum atomic E-state index is -5.07. The monoisotopic (exact) mass is 253 g/mol. The van der Waals surface area contributed by atoms with Crippen LogP contribution in [-0.2, 0) is 6.54 Å². The normalized spacial score (nSPS) is 11.5. The number of nitrogens with zero attached hydrogens (tertiary/aromatic N) is 4. The van der Waals surface area contributed by atoms with E-state index in [-0.39, 0.29) is 5.82 Å². The highest BCUT2D eigenvalue weighted by molar-refractivity contribution is 6.66. The summed E-state index contributed by atoms with van der Waals surface area (Å²) < 4.78 is 37.0. The van der Waals surface area contributed by atoms with Crippen LogP contribution in [0.5, 0.6) is 0 Å². The summed E-state index contributed by atoms with van der Waals surface area (Å²) >= 11 is 0. The number of benzene rings is 1. The molecule has 0 aliphatic heterocycles. The minimum Gasteiger partial charge on any atom is -0.445 e. The molecule has 2 rings (SSSR count). The van der Waals surface area contributed by atoms with Crippen molar-refractivity contribution in [3.8, 4) is 11.4 Å². The molecule has 0 aliphatic rings. The van der Waals surface area contributed by atoms with E-state index in [0.717, 1.165) is 4.80 Å². The number of aromatic nitrogens is 4. The highest BCUT2D eigenvalue weighted by Crippen LogP contribution is 2.19. The first-order chi connectivity index (χ1) is 8.47. The van der Waals surface area contributed by atoms with Gasteiger partial charge < -0.3 is 12.9 Å². The Morgan fingerprint density at radius 3 is 2.50 bits per heavy atom. The first-order valence-electron chi connectivity index (χ1n) is 5.17. The summed E-state index contributed by atoms with van der Waals surface area (Å²) in [7, 11) is 0. The Bertz CT molecular complexity index is 550. The molecule has 0 atom stereocenters. The summed E-state index contributed by atoms with van der Waals surface area (Å²) in [5, 5.41) is 11.2. The van der Waals surface area contributed by atoms with Crippen molar-refractivity contribution in [2.75, 3.05) is 0 Å². The Morgan fingerprint density at radius 1 is 1.22 bits per heavy atom. The van der Waals surface area contributed by atoms with Gasteiger partial charge in [0.1, 0.15) is 0 Å². The van der Waals surface area contributed by atoms with Crippen molar-refractivity contribution in [2.45, 2.75) is 6.54 Å². The molecule has 0 saturated carbocycles. The number of halogens is 3. The van der Waals surface area contributed by atoms with E-state index in [1.807, 2.05) is 6.07 Å². The third kappa shape index (κ3) is 2.76. The van der Waals surface area contributed by atoms with Gasteiger partial charge in [0.15, 0.2) is 0 Å². The van der Waals surface area contributed by atoms with Gasteiger partial charge in [0.25, 0.3) is 0 Å². The number of hydrogen-bond donors (Lipinski definition) is 0. The van der Waals surface area contributed by atoms with Crippen LogP contribution in [0, 0.1) is 0 Å². The zero-order valence-corrected chi connectivity index (χ0v) is 9.30. The largest absolute Gasteiger partial charge is 0.506 e. The van der Waals surface area contributed by atoms with E-state index in [4.69, 9.17) is 0 Å². The molecule has 0 unspecified atom stereocenters. The van der Waals surface area contributed by atoms with Crippen molar-refractivity contribution < 1.29 is 12.9 Å². The second kappa shape index (κ2) is 4.63. The molecule has 4 nitrogen and oxygen atoms in total. The SMILES string of the molecule is C=C(Cn1nnc(-c2ccccc2)n1)[B-](F)(F)F. The van der Waals surface area contributed by atoms with Gasteiger partial charge in [-0.25, -0.2) is 0 Å². The highest BCUT2D eigenvalue weighted by Gasteiger charge is 2.27. The van der Waals surface area contributed by atoms with Gasteiger partial charge in [0, 0.05) is 5.56 Å². The predicted molar refractivity (Wildman–Crippen MR) is 61.5 cm³/mol. The summed E-state index contributed by atoms with van der Waals surface area (Å²) in [6.45, 7) is -2.59. The van der Waals surface area contributed by atoms with Crippen LogP contribution in [0.3, 0.4) is 0 Å². The quantitative estimate of drug-likeness (QED) is 0.785. The molecule has 1 aromatic heterocycles. The van der Waals surface area contributed by atoms with Gasteiger partial charge in [-0.2, -0.15) is 4.80 Å². The fourth-order valence-corrected chi connectivity index (χ4v) is 1.30. The smallest absolute Gasteiger partial charge is 0.445 e. The van der Waals surface area contributed by atoms with Crippen LogP contribution in [0.15, 0.2) is 42.4 Å². The number of hydrogen-bond acceptors (Lipinski definition) is 3. The molecule has 0 saturated heterocycles. The summed E-state index contributed by atoms with van der Waals surface area (Å²) in [5.74, 6) is 0.290. The molecule has 1 heterocycles. The molecule has 0 spiro atoms. The molecule has 0 amide bonds. The summed E-state index contributed by atoms with van der Waals surface area (Å²) in [4.78, 5) is 0.889. The molecule has 0 fully saturated rings. The lowest BCUT2D eigenvalue weighted by atomic mass is 9.80. The van der Waals surface area contributed by atoms with Crippen molar-refractivity contribution in [1.29, 1.82) is 0 Å². The first kappa shape index (κ1) is 12.3. The highest BCUT2D eigenvalue weighted by atomic mass is 19.4. The van der Waals surface area contributed by atoms with E-state index in [1.165, 1.54) is 0 Å². The summed E-state index contributed by atoms with van der Waals surface area (Å²) in [6.07, 6.45) is 0. The molecular weight excluding hydrogens is 244 g/mol. The summed E-state index contributed by atoms with van der Waals surface area (Å²) in [6, 6.07) is 8.90. The molecule has 8 heteroatoms. The molecule has 0 aliphatic carbocycles. The molecule has 1 aromatic carbocycles. The van der Waals surface area contributed by atoms with Gasteiger partial charge in [-0.3, -0.25) is 0 Å². The van der Waals surface area contributed by atoms with Gasteiger partial charge in [-0.15, -0.1) is 22.2 Å². The second-order valence-corrected chi connectivity index (χ2v) is 3.74. The van der Waals surface area contributed by atoms with Gasteiger partial charge in [-0.1, -0.05) is 30.3 Å². The number of tetrazole rings is 1. The van der Waals surface area contributed by atoms with Gasteiger partial charge >= 0.3 is 6.98 Å². The van der Waals surface area contributed by atoms with Crippen LogP contribution in [0.4, 0.5) is 12.9 Å². The molecule has 0 N–H and O–H groups in total. The molecule has 94 valence electrons. The van der Waals surface area contributed by atoms with Crippen molar-refractivity contribution in [3.05, 3.63) is 42.4 Å². The van der Waals surface area contributed by atoms with Crippen LogP contribution in [-0.4, -0.2) is 27.2 Å². The average molecular weight is 253 g/mol. The van der Waals surface area contributed by atoms with Crippen LogP contribution in [0.1, 0.15) is 0 Å². The van der Waals surface area contributed by atoms with Crippen molar-refractivity contribution in [2.24, 2.45) is 0 Å². The lowest BCUT2D eigenvalue weighted by molar-refractivity contribution is 0.470. The Morgan fingerprint density at radius 2 is 1.89 bits per heavy atom. The minimum absolute atomic E-state index is 0.290. The van der Waals surface area contributed by atoms with E-state index in [2.05, 4.69) is 22.0 Å². The van der Waals surface area contributed by atoms with E-state index in [0.29, 0.717) is 5.56 Å². The van der Waals surface area contributed by atoms with E-state index in [1.54, 1.807) is 24.3 Å². The third-order valence-corrected chi connectivity index (χ3v) is 2.29. The Labute approximate surface area is 101 Å².